The summed E-state index contributed by atoms with van der Waals surface area (Å²) in [5.74, 6) is 0. The van der Waals surface area contributed by atoms with Crippen molar-refractivity contribution in [3.63, 3.8) is 0 Å². The molecular formula is C20H22IrNO2-. The maximum Gasteiger partial charge on any atom is 0.0536 e. The van der Waals surface area contributed by atoms with Gasteiger partial charge in [-0.05, 0) is 45.5 Å². The van der Waals surface area contributed by atoms with E-state index in [9.17, 15) is 0 Å². The number of hydrogen-bond acceptors (Lipinski definition) is 3. The summed E-state index contributed by atoms with van der Waals surface area (Å²) in [4.78, 5) is 4.27. The van der Waals surface area contributed by atoms with E-state index in [1.807, 2.05) is 30.3 Å². The van der Waals surface area contributed by atoms with Crippen molar-refractivity contribution in [3.05, 3.63) is 66.8 Å². The number of aliphatic hydroxyl groups excluding tert-OH is 2. The molecule has 0 amide bonds. The fourth-order valence-corrected chi connectivity index (χ4v) is 2.18. The summed E-state index contributed by atoms with van der Waals surface area (Å²) in [6.07, 6.45) is 1.35. The minimum absolute atomic E-state index is 0. The first kappa shape index (κ1) is 14.7. The van der Waals surface area contributed by atoms with Crippen molar-refractivity contribution in [3.8, 4) is 11.3 Å². The van der Waals surface area contributed by atoms with Crippen LogP contribution in [0.2, 0.25) is 0 Å². The van der Waals surface area contributed by atoms with E-state index in [1.54, 1.807) is 20.0 Å². The Hall–Kier alpha value is -1.58. The van der Waals surface area contributed by atoms with Gasteiger partial charge in [0.1, 0.15) is 0 Å². The number of rotatable bonds is 3. The van der Waals surface area contributed by atoms with Crippen molar-refractivity contribution in [2.24, 2.45) is 0 Å². The summed E-state index contributed by atoms with van der Waals surface area (Å²) in [5.41, 5.74) is 0.822. The van der Waals surface area contributed by atoms with E-state index < -0.39 is 0 Å². The van der Waals surface area contributed by atoms with Crippen LogP contribution in [0.1, 0.15) is 25.8 Å². The zero-order valence-corrected chi connectivity index (χ0v) is 15.9. The molecule has 3 nitrogen and oxygen atoms in total. The van der Waals surface area contributed by atoms with Crippen LogP contribution in [0.15, 0.2) is 60.7 Å². The van der Waals surface area contributed by atoms with Crippen molar-refractivity contribution in [1.29, 1.82) is 0 Å². The fourth-order valence-electron chi connectivity index (χ4n) is 2.18. The van der Waals surface area contributed by atoms with E-state index >= 15 is 0 Å². The van der Waals surface area contributed by atoms with Gasteiger partial charge in [0.05, 0.1) is 12.2 Å². The van der Waals surface area contributed by atoms with Crippen LogP contribution in [0.25, 0.3) is 22.0 Å². The van der Waals surface area contributed by atoms with Gasteiger partial charge in [0.2, 0.25) is 0 Å². The maximum atomic E-state index is 8.56. The Balaban J connectivity index is 0.000000425. The maximum absolute atomic E-state index is 8.56. The average molecular weight is 505 g/mol. The fraction of sp³-hybridized carbons (Fsp3) is 0.250. The standard InChI is InChI=1S/C15H10N.C5H12O2.Ir/c1-2-7-13(8-3-1)15-14-9-5-4-6-12(14)10-11-16-15;1-4(6)3-5(2)7;/h1-7,9-11H;4-7H,3H2,1-2H3;/q-1;;/i1D,2D,3D,7D;;. The van der Waals surface area contributed by atoms with Crippen molar-refractivity contribution in [1.82, 2.24) is 4.98 Å². The van der Waals surface area contributed by atoms with Crippen LogP contribution in [0, 0.1) is 6.07 Å². The van der Waals surface area contributed by atoms with Gasteiger partial charge in [-0.1, -0.05) is 24.3 Å². The second kappa shape index (κ2) is 10.3. The first-order valence-corrected chi connectivity index (χ1v) is 7.42. The molecule has 2 N–H and O–H groups in total. The summed E-state index contributed by atoms with van der Waals surface area (Å²) in [6.45, 7) is 3.32. The van der Waals surface area contributed by atoms with Gasteiger partial charge in [0, 0.05) is 29.0 Å². The first-order valence-electron chi connectivity index (χ1n) is 9.42. The van der Waals surface area contributed by atoms with Gasteiger partial charge in [-0.15, -0.1) is 35.8 Å². The number of aliphatic hydroxyl groups is 2. The SMILES string of the molecule is CC(O)CC(C)O.[2H]c1[c-]c(-c2nccc3ccccc23)c([2H])c([2H])c1[2H].[Ir]. The molecular weight excluding hydrogens is 478 g/mol. The van der Waals surface area contributed by atoms with Gasteiger partial charge >= 0.3 is 0 Å². The summed E-state index contributed by atoms with van der Waals surface area (Å²) in [5, 5.41) is 18.9. The van der Waals surface area contributed by atoms with Crippen LogP contribution in [0.5, 0.6) is 0 Å². The Labute approximate surface area is 162 Å². The summed E-state index contributed by atoms with van der Waals surface area (Å²) in [7, 11) is 0. The summed E-state index contributed by atoms with van der Waals surface area (Å²) < 4.78 is 31.0. The molecule has 24 heavy (non-hydrogen) atoms. The van der Waals surface area contributed by atoms with Crippen LogP contribution in [0.3, 0.4) is 0 Å². The monoisotopic (exact) mass is 505 g/mol. The second-order valence-corrected chi connectivity index (χ2v) is 5.31. The Morgan fingerprint density at radius 3 is 2.50 bits per heavy atom. The molecule has 129 valence electrons. The molecule has 0 spiro atoms. The molecule has 1 heterocycles. The predicted octanol–water partition coefficient (Wildman–Crippen LogP) is 3.84. The molecule has 2 unspecified atom stereocenters. The molecule has 0 bridgehead atoms. The predicted molar refractivity (Wildman–Crippen MR) is 94.0 cm³/mol. The van der Waals surface area contributed by atoms with Gasteiger partial charge in [-0.25, -0.2) is 0 Å². The first-order chi connectivity index (χ1) is 12.7. The van der Waals surface area contributed by atoms with Crippen molar-refractivity contribution >= 4 is 10.8 Å². The number of hydrogen-bond donors (Lipinski definition) is 2. The minimum atomic E-state index is -0.375. The molecule has 2 atom stereocenters. The van der Waals surface area contributed by atoms with Gasteiger partial charge in [-0.3, -0.25) is 0 Å². The Kier molecular flexibility index (Phi) is 6.34. The smallest absolute Gasteiger partial charge is 0.0536 e. The van der Waals surface area contributed by atoms with Gasteiger partial charge in [-0.2, -0.15) is 0 Å². The van der Waals surface area contributed by atoms with E-state index in [4.69, 9.17) is 15.7 Å². The van der Waals surface area contributed by atoms with E-state index in [1.165, 1.54) is 0 Å². The van der Waals surface area contributed by atoms with E-state index in [2.05, 4.69) is 11.1 Å². The van der Waals surface area contributed by atoms with Crippen LogP contribution < -0.4 is 0 Å². The molecule has 2 aromatic carbocycles. The van der Waals surface area contributed by atoms with Crippen molar-refractivity contribution in [2.45, 2.75) is 32.5 Å². The van der Waals surface area contributed by atoms with E-state index in [0.29, 0.717) is 17.7 Å². The molecule has 3 aromatic rings. The van der Waals surface area contributed by atoms with E-state index in [0.717, 1.165) is 10.8 Å². The summed E-state index contributed by atoms with van der Waals surface area (Å²) in [6, 6.07) is 11.3. The number of fused-ring (bicyclic) bond motifs is 1. The Morgan fingerprint density at radius 2 is 1.83 bits per heavy atom. The topological polar surface area (TPSA) is 53.4 Å². The zero-order chi connectivity index (χ0) is 20.1. The number of pyridine rings is 1. The molecule has 0 fully saturated rings. The molecule has 0 saturated carbocycles. The number of nitrogens with zero attached hydrogens (tertiary/aromatic N) is 1. The third-order valence-electron chi connectivity index (χ3n) is 3.09. The van der Waals surface area contributed by atoms with Crippen molar-refractivity contribution in [2.75, 3.05) is 0 Å². The molecule has 4 heteroatoms. The van der Waals surface area contributed by atoms with Gasteiger partial charge in [0.15, 0.2) is 0 Å². The Bertz CT molecular complexity index is 924. The molecule has 1 radical (unpaired) electrons. The van der Waals surface area contributed by atoms with Crippen LogP contribution in [0.4, 0.5) is 0 Å². The molecule has 1 aromatic heterocycles. The van der Waals surface area contributed by atoms with Gasteiger partial charge in [0.25, 0.3) is 0 Å². The largest absolute Gasteiger partial charge is 0.393 e. The van der Waals surface area contributed by atoms with Crippen LogP contribution >= 0.6 is 0 Å². The molecule has 0 aliphatic rings. The number of aromatic nitrogens is 1. The van der Waals surface area contributed by atoms with Crippen LogP contribution in [-0.2, 0) is 20.1 Å². The second-order valence-electron chi connectivity index (χ2n) is 5.31. The number of benzene rings is 2. The quantitative estimate of drug-likeness (QED) is 0.533. The third kappa shape index (κ3) is 6.14. The third-order valence-corrected chi connectivity index (χ3v) is 3.09. The molecule has 0 aliphatic carbocycles. The van der Waals surface area contributed by atoms with Gasteiger partial charge < -0.3 is 15.2 Å². The summed E-state index contributed by atoms with van der Waals surface area (Å²) >= 11 is 0. The molecule has 0 aliphatic heterocycles. The molecule has 3 rings (SSSR count). The van der Waals surface area contributed by atoms with Crippen molar-refractivity contribution < 1.29 is 35.8 Å². The minimum Gasteiger partial charge on any atom is -0.393 e. The average Bonchev–Trinajstić information content (AvgIpc) is 2.62. The van der Waals surface area contributed by atoms with Crippen LogP contribution in [-0.4, -0.2) is 27.4 Å². The Morgan fingerprint density at radius 1 is 1.12 bits per heavy atom. The molecule has 0 saturated heterocycles. The zero-order valence-electron chi connectivity index (χ0n) is 17.5. The normalized spacial score (nSPS) is 14.8. The van der Waals surface area contributed by atoms with E-state index in [-0.39, 0.29) is 56.5 Å².